The number of carbonyl (C=O) groups is 1. The molecule has 2 heterocycles. The van der Waals surface area contributed by atoms with E-state index in [4.69, 9.17) is 9.47 Å². The molecule has 0 aliphatic carbocycles. The Balaban J connectivity index is 1.75. The first-order chi connectivity index (χ1) is 17.6. The van der Waals surface area contributed by atoms with Crippen molar-refractivity contribution in [3.05, 3.63) is 53.1 Å². The number of methoxy groups -OCH3 is 1. The Hall–Kier alpha value is -3.44. The number of fused-ring (bicyclic) bond motifs is 2. The Kier molecular flexibility index (Phi) is 6.82. The summed E-state index contributed by atoms with van der Waals surface area (Å²) in [6.45, 7) is 6.87. The predicted molar refractivity (Wildman–Crippen MR) is 137 cm³/mol. The van der Waals surface area contributed by atoms with Crippen LogP contribution in [0, 0.1) is 12.7 Å². The van der Waals surface area contributed by atoms with Gasteiger partial charge >= 0.3 is 5.92 Å². The lowest BCUT2D eigenvalue weighted by Crippen LogP contribution is -2.50. The molecule has 1 unspecified atom stereocenters. The molecule has 1 aromatic heterocycles. The second-order valence-electron chi connectivity index (χ2n) is 10.3. The van der Waals surface area contributed by atoms with E-state index in [2.05, 4.69) is 15.3 Å². The maximum atomic E-state index is 15.5. The van der Waals surface area contributed by atoms with Crippen molar-refractivity contribution in [3.63, 3.8) is 0 Å². The van der Waals surface area contributed by atoms with Crippen LogP contribution in [0.1, 0.15) is 50.7 Å². The van der Waals surface area contributed by atoms with Crippen LogP contribution >= 0.6 is 0 Å². The zero-order chi connectivity index (χ0) is 28.2. The van der Waals surface area contributed by atoms with Gasteiger partial charge in [-0.25, -0.2) is 14.4 Å². The molecule has 204 valence electrons. The molecule has 0 spiro atoms. The van der Waals surface area contributed by atoms with E-state index in [-0.39, 0.29) is 11.5 Å². The summed E-state index contributed by atoms with van der Waals surface area (Å²) in [5.41, 5.74) is -3.62. The van der Waals surface area contributed by atoms with Gasteiger partial charge in [0.2, 0.25) is 0 Å². The number of aliphatic hydroxyl groups is 1. The first kappa shape index (κ1) is 27.6. The highest BCUT2D eigenvalue weighted by Crippen LogP contribution is 2.43. The molecule has 2 atom stereocenters. The molecular weight excluding hydrogens is 501 g/mol. The molecule has 0 bridgehead atoms. The molecule has 1 amide bonds. The summed E-state index contributed by atoms with van der Waals surface area (Å²) in [4.78, 5) is 23.2. The van der Waals surface area contributed by atoms with E-state index in [1.807, 2.05) is 0 Å². The lowest BCUT2D eigenvalue weighted by Gasteiger charge is -2.37. The summed E-state index contributed by atoms with van der Waals surface area (Å²) < 4.78 is 56.4. The van der Waals surface area contributed by atoms with Crippen LogP contribution in [0.5, 0.6) is 5.75 Å². The number of carbonyl (C=O) groups excluding carboxylic acids is 1. The van der Waals surface area contributed by atoms with Crippen LogP contribution in [0.25, 0.3) is 10.9 Å². The normalized spacial score (nSPS) is 17.6. The number of hydrogen-bond donors (Lipinski definition) is 2. The first-order valence-electron chi connectivity index (χ1n) is 12.0. The van der Waals surface area contributed by atoms with E-state index in [0.717, 1.165) is 13.0 Å². The zero-order valence-corrected chi connectivity index (χ0v) is 22.3. The van der Waals surface area contributed by atoms with E-state index >= 15 is 13.2 Å². The summed E-state index contributed by atoms with van der Waals surface area (Å²) in [6, 6.07) is 6.25. The highest BCUT2D eigenvalue weighted by Gasteiger charge is 2.52. The number of alkyl halides is 2. The minimum Gasteiger partial charge on any atom is -0.476 e. The van der Waals surface area contributed by atoms with Crippen molar-refractivity contribution >= 4 is 28.3 Å². The van der Waals surface area contributed by atoms with Crippen molar-refractivity contribution < 1.29 is 32.5 Å². The third kappa shape index (κ3) is 4.54. The Morgan fingerprint density at radius 3 is 2.61 bits per heavy atom. The van der Waals surface area contributed by atoms with Gasteiger partial charge in [0, 0.05) is 31.2 Å². The SMILES string of the molecule is COCC(C)(O)C(F)(F)c1cccc([C@@H](C)Nc2nc(C)nc3cc4c(cc23)N(C)C(=O)C(C)(C)O4)c1F. The number of anilines is 2. The zero-order valence-electron chi connectivity index (χ0n) is 22.3. The molecule has 0 fully saturated rings. The lowest BCUT2D eigenvalue weighted by molar-refractivity contribution is -0.201. The van der Waals surface area contributed by atoms with Crippen molar-refractivity contribution in [2.45, 2.75) is 57.8 Å². The van der Waals surface area contributed by atoms with Crippen molar-refractivity contribution in [1.82, 2.24) is 9.97 Å². The Morgan fingerprint density at radius 2 is 1.95 bits per heavy atom. The average Bonchev–Trinajstić information content (AvgIpc) is 2.81. The molecule has 38 heavy (non-hydrogen) atoms. The number of hydrogen-bond acceptors (Lipinski definition) is 7. The molecular formula is C27H31F3N4O4. The number of likely N-dealkylation sites (N-methyl/N-ethyl adjacent to an activating group) is 1. The van der Waals surface area contributed by atoms with E-state index in [1.54, 1.807) is 46.9 Å². The number of rotatable bonds is 7. The fourth-order valence-electron chi connectivity index (χ4n) is 4.62. The average molecular weight is 533 g/mol. The van der Waals surface area contributed by atoms with E-state index in [0.29, 0.717) is 34.0 Å². The summed E-state index contributed by atoms with van der Waals surface area (Å²) >= 11 is 0. The number of amides is 1. The van der Waals surface area contributed by atoms with Crippen LogP contribution in [0.15, 0.2) is 30.3 Å². The smallest absolute Gasteiger partial charge is 0.306 e. The molecule has 2 aromatic carbocycles. The standard InChI is InChI=1S/C27H31F3N4O4/c1-14(16-9-8-10-18(22(16)28)27(29,30)26(5,36)13-37-7)31-23-17-11-20-21(12-19(17)32-15(2)33-23)38-25(3,4)24(35)34(20)6/h8-12,14,36H,13H2,1-7H3,(H,31,32,33)/t14-,26?/m1/s1. The van der Waals surface area contributed by atoms with Gasteiger partial charge in [0.05, 0.1) is 29.4 Å². The molecule has 3 aromatic rings. The van der Waals surface area contributed by atoms with Crippen LogP contribution in [0.3, 0.4) is 0 Å². The van der Waals surface area contributed by atoms with Crippen molar-refractivity contribution in [2.24, 2.45) is 0 Å². The molecule has 0 saturated carbocycles. The van der Waals surface area contributed by atoms with Crippen LogP contribution < -0.4 is 15.0 Å². The molecule has 4 rings (SSSR count). The third-order valence-corrected chi connectivity index (χ3v) is 6.72. The number of aromatic nitrogens is 2. The Morgan fingerprint density at radius 1 is 1.26 bits per heavy atom. The van der Waals surface area contributed by atoms with Crippen molar-refractivity contribution in [3.8, 4) is 5.75 Å². The summed E-state index contributed by atoms with van der Waals surface area (Å²) in [5.74, 6) is -4.08. The molecule has 2 N–H and O–H groups in total. The van der Waals surface area contributed by atoms with Crippen molar-refractivity contribution in [1.29, 1.82) is 0 Å². The van der Waals surface area contributed by atoms with E-state index < -0.39 is 41.2 Å². The highest BCUT2D eigenvalue weighted by molar-refractivity contribution is 6.05. The van der Waals surface area contributed by atoms with Gasteiger partial charge < -0.3 is 24.8 Å². The molecule has 11 heteroatoms. The molecule has 0 saturated heterocycles. The minimum atomic E-state index is -3.93. The molecule has 1 aliphatic rings. The number of nitrogens with one attached hydrogen (secondary N) is 1. The van der Waals surface area contributed by atoms with Crippen molar-refractivity contribution in [2.75, 3.05) is 31.0 Å². The number of halogens is 3. The van der Waals surface area contributed by atoms with Gasteiger partial charge in [-0.3, -0.25) is 4.79 Å². The quantitative estimate of drug-likeness (QED) is 0.448. The topological polar surface area (TPSA) is 96.8 Å². The Labute approximate surface area is 218 Å². The fourth-order valence-corrected chi connectivity index (χ4v) is 4.62. The van der Waals surface area contributed by atoms with Gasteiger partial charge in [0.1, 0.15) is 23.2 Å². The maximum Gasteiger partial charge on any atom is 0.306 e. The van der Waals surface area contributed by atoms with Gasteiger partial charge in [-0.2, -0.15) is 8.78 Å². The van der Waals surface area contributed by atoms with Crippen LogP contribution in [0.4, 0.5) is 24.7 Å². The third-order valence-electron chi connectivity index (χ3n) is 6.72. The number of aryl methyl sites for hydroxylation is 1. The summed E-state index contributed by atoms with van der Waals surface area (Å²) in [7, 11) is 2.82. The van der Waals surface area contributed by atoms with E-state index in [1.165, 1.54) is 24.1 Å². The Bertz CT molecular complexity index is 1410. The maximum absolute atomic E-state index is 15.5. The second kappa shape index (κ2) is 9.39. The van der Waals surface area contributed by atoms with Gasteiger partial charge in [-0.15, -0.1) is 0 Å². The van der Waals surface area contributed by atoms with Crippen LogP contribution in [-0.4, -0.2) is 52.9 Å². The van der Waals surface area contributed by atoms with Gasteiger partial charge in [-0.1, -0.05) is 12.1 Å². The lowest BCUT2D eigenvalue weighted by atomic mass is 9.90. The summed E-state index contributed by atoms with van der Waals surface area (Å²) in [5, 5.41) is 13.9. The number of ether oxygens (including phenoxy) is 2. The highest BCUT2D eigenvalue weighted by atomic mass is 19.3. The van der Waals surface area contributed by atoms with Crippen LogP contribution in [0.2, 0.25) is 0 Å². The molecule has 8 nitrogen and oxygen atoms in total. The fraction of sp³-hybridized carbons (Fsp3) is 0.444. The monoisotopic (exact) mass is 532 g/mol. The number of benzene rings is 2. The predicted octanol–water partition coefficient (Wildman–Crippen LogP) is 4.87. The molecule has 1 aliphatic heterocycles. The molecule has 0 radical (unpaired) electrons. The number of nitrogens with zero attached hydrogens (tertiary/aromatic N) is 3. The summed E-state index contributed by atoms with van der Waals surface area (Å²) in [6.07, 6.45) is 0. The van der Waals surface area contributed by atoms with Gasteiger partial charge in [0.25, 0.3) is 5.91 Å². The first-order valence-corrected chi connectivity index (χ1v) is 12.0. The second-order valence-corrected chi connectivity index (χ2v) is 10.3. The largest absolute Gasteiger partial charge is 0.476 e. The van der Waals surface area contributed by atoms with Gasteiger partial charge in [0.15, 0.2) is 11.2 Å². The van der Waals surface area contributed by atoms with Crippen LogP contribution in [-0.2, 0) is 15.5 Å². The van der Waals surface area contributed by atoms with Gasteiger partial charge in [-0.05, 0) is 46.8 Å². The van der Waals surface area contributed by atoms with E-state index in [9.17, 15) is 9.90 Å². The minimum absolute atomic E-state index is 0.0462.